The molecule has 0 aromatic carbocycles. The van der Waals surface area contributed by atoms with Gasteiger partial charge in [-0.25, -0.2) is 0 Å². The minimum Gasteiger partial charge on any atom is -0.313 e. The van der Waals surface area contributed by atoms with Crippen LogP contribution in [0.15, 0.2) is 0 Å². The Kier molecular flexibility index (Phi) is 7.97. The van der Waals surface area contributed by atoms with Crippen LogP contribution >= 0.6 is 0 Å². The van der Waals surface area contributed by atoms with E-state index in [2.05, 4.69) is 17.1 Å². The average Bonchev–Trinajstić information content (AvgIpc) is 3.15. The molecule has 0 unspecified atom stereocenters. The van der Waals surface area contributed by atoms with E-state index in [0.717, 1.165) is 12.0 Å². The summed E-state index contributed by atoms with van der Waals surface area (Å²) >= 11 is 0. The van der Waals surface area contributed by atoms with Gasteiger partial charge in [-0.05, 0) is 44.7 Å². The Hall–Kier alpha value is -0.0800. The van der Waals surface area contributed by atoms with Crippen molar-refractivity contribution in [3.8, 4) is 0 Å². The van der Waals surface area contributed by atoms with Gasteiger partial charge in [-0.2, -0.15) is 0 Å². The zero-order valence-corrected chi connectivity index (χ0v) is 13.7. The average molecular weight is 281 g/mol. The van der Waals surface area contributed by atoms with E-state index in [9.17, 15) is 0 Å². The van der Waals surface area contributed by atoms with Crippen LogP contribution in [0.25, 0.3) is 0 Å². The maximum absolute atomic E-state index is 3.77. The molecule has 2 aliphatic rings. The van der Waals surface area contributed by atoms with Crippen LogP contribution in [0.4, 0.5) is 0 Å². The summed E-state index contributed by atoms with van der Waals surface area (Å²) in [6.07, 6.45) is 15.8. The molecule has 2 fully saturated rings. The van der Waals surface area contributed by atoms with Gasteiger partial charge in [0.25, 0.3) is 0 Å². The fourth-order valence-corrected chi connectivity index (χ4v) is 3.40. The molecule has 2 heteroatoms. The molecule has 1 heterocycles. The smallest absolute Gasteiger partial charge is 0.0207 e. The predicted octanol–water partition coefficient (Wildman–Crippen LogP) is 4.20. The molecule has 20 heavy (non-hydrogen) atoms. The maximum Gasteiger partial charge on any atom is 0.0207 e. The number of rotatable bonds is 12. The molecule has 1 aliphatic heterocycles. The van der Waals surface area contributed by atoms with Crippen molar-refractivity contribution in [2.45, 2.75) is 83.6 Å². The molecule has 2 nitrogen and oxygen atoms in total. The zero-order valence-electron chi connectivity index (χ0n) is 13.7. The van der Waals surface area contributed by atoms with Gasteiger partial charge < -0.3 is 10.2 Å². The molecule has 1 aliphatic carbocycles. The van der Waals surface area contributed by atoms with Gasteiger partial charge in [-0.1, -0.05) is 51.9 Å². The van der Waals surface area contributed by atoms with Crippen molar-refractivity contribution in [2.24, 2.45) is 5.92 Å². The van der Waals surface area contributed by atoms with Gasteiger partial charge in [0.15, 0.2) is 0 Å². The summed E-state index contributed by atoms with van der Waals surface area (Å²) in [4.78, 5) is 2.68. The van der Waals surface area contributed by atoms with Crippen molar-refractivity contribution in [1.29, 1.82) is 0 Å². The summed E-state index contributed by atoms with van der Waals surface area (Å²) in [6.45, 7) is 7.58. The van der Waals surface area contributed by atoms with Crippen LogP contribution in [0, 0.1) is 5.92 Å². The molecule has 0 aromatic rings. The molecule has 0 spiro atoms. The van der Waals surface area contributed by atoms with Crippen molar-refractivity contribution >= 4 is 0 Å². The van der Waals surface area contributed by atoms with Gasteiger partial charge in [0.05, 0.1) is 0 Å². The fraction of sp³-hybridized carbons (Fsp3) is 1.00. The molecule has 0 amide bonds. The first-order valence-electron chi connectivity index (χ1n) is 9.34. The Morgan fingerprint density at radius 3 is 2.30 bits per heavy atom. The third-order valence-corrected chi connectivity index (χ3v) is 4.95. The molecule has 2 rings (SSSR count). The third kappa shape index (κ3) is 7.08. The Morgan fingerprint density at radius 2 is 1.60 bits per heavy atom. The molecule has 0 aromatic heterocycles. The predicted molar refractivity (Wildman–Crippen MR) is 88.2 cm³/mol. The second kappa shape index (κ2) is 9.78. The van der Waals surface area contributed by atoms with Gasteiger partial charge in [0.2, 0.25) is 0 Å². The van der Waals surface area contributed by atoms with Gasteiger partial charge in [-0.15, -0.1) is 0 Å². The number of unbranched alkanes of at least 4 members (excludes halogenated alkanes) is 7. The van der Waals surface area contributed by atoms with Gasteiger partial charge in [0.1, 0.15) is 0 Å². The van der Waals surface area contributed by atoms with Crippen LogP contribution < -0.4 is 5.32 Å². The van der Waals surface area contributed by atoms with Crippen molar-refractivity contribution in [3.05, 3.63) is 0 Å². The van der Waals surface area contributed by atoms with Crippen molar-refractivity contribution < 1.29 is 0 Å². The highest BCUT2D eigenvalue weighted by Gasteiger charge is 2.28. The standard InChI is InChI=1S/C18H36N2/c1-2-3-4-5-6-7-8-9-13-19-18-12-14-20(16-18)15-17-10-11-17/h17-19H,2-16H2,1H3/t18-/m1/s1. The summed E-state index contributed by atoms with van der Waals surface area (Å²) in [5, 5.41) is 3.77. The second-order valence-corrected chi connectivity index (χ2v) is 7.12. The highest BCUT2D eigenvalue weighted by molar-refractivity contribution is 4.85. The summed E-state index contributed by atoms with van der Waals surface area (Å²) in [5.41, 5.74) is 0. The normalized spacial score (nSPS) is 23.6. The van der Waals surface area contributed by atoms with E-state index in [0.29, 0.717) is 0 Å². The largest absolute Gasteiger partial charge is 0.313 e. The second-order valence-electron chi connectivity index (χ2n) is 7.12. The number of likely N-dealkylation sites (tertiary alicyclic amines) is 1. The van der Waals surface area contributed by atoms with Crippen molar-refractivity contribution in [2.75, 3.05) is 26.2 Å². The minimum absolute atomic E-state index is 0.790. The highest BCUT2D eigenvalue weighted by atomic mass is 15.2. The van der Waals surface area contributed by atoms with Crippen LogP contribution in [0.2, 0.25) is 0 Å². The first-order chi connectivity index (χ1) is 9.88. The van der Waals surface area contributed by atoms with Crippen LogP contribution in [0.1, 0.15) is 77.6 Å². The Labute approximate surface area is 126 Å². The Morgan fingerprint density at radius 1 is 0.900 bits per heavy atom. The molecule has 118 valence electrons. The lowest BCUT2D eigenvalue weighted by Crippen LogP contribution is -2.33. The van der Waals surface area contributed by atoms with Crippen LogP contribution in [-0.2, 0) is 0 Å². The number of hydrogen-bond acceptors (Lipinski definition) is 2. The fourth-order valence-electron chi connectivity index (χ4n) is 3.40. The van der Waals surface area contributed by atoms with Gasteiger partial charge in [-0.3, -0.25) is 0 Å². The van der Waals surface area contributed by atoms with Gasteiger partial charge >= 0.3 is 0 Å². The van der Waals surface area contributed by atoms with Gasteiger partial charge in [0, 0.05) is 19.1 Å². The summed E-state index contributed by atoms with van der Waals surface area (Å²) in [6, 6.07) is 0.790. The Balaban J connectivity index is 1.34. The summed E-state index contributed by atoms with van der Waals surface area (Å²) < 4.78 is 0. The number of hydrogen-bond donors (Lipinski definition) is 1. The van der Waals surface area contributed by atoms with Crippen molar-refractivity contribution in [1.82, 2.24) is 10.2 Å². The summed E-state index contributed by atoms with van der Waals surface area (Å²) in [7, 11) is 0. The lowest BCUT2D eigenvalue weighted by atomic mass is 10.1. The van der Waals surface area contributed by atoms with Crippen LogP contribution in [0.3, 0.4) is 0 Å². The topological polar surface area (TPSA) is 15.3 Å². The van der Waals surface area contributed by atoms with E-state index in [1.165, 1.54) is 96.8 Å². The molecule has 1 saturated carbocycles. The quantitative estimate of drug-likeness (QED) is 0.539. The summed E-state index contributed by atoms with van der Waals surface area (Å²) in [5.74, 6) is 1.06. The third-order valence-electron chi connectivity index (χ3n) is 4.95. The Bertz CT molecular complexity index is 238. The first-order valence-corrected chi connectivity index (χ1v) is 9.34. The SMILES string of the molecule is CCCCCCCCCCN[C@@H]1CCN(CC2CC2)C1. The molecule has 0 bridgehead atoms. The zero-order chi connectivity index (χ0) is 14.0. The van der Waals surface area contributed by atoms with E-state index in [1.807, 2.05) is 0 Å². The first kappa shape index (κ1) is 16.3. The van der Waals surface area contributed by atoms with E-state index in [4.69, 9.17) is 0 Å². The lowest BCUT2D eigenvalue weighted by molar-refractivity contribution is 0.314. The van der Waals surface area contributed by atoms with E-state index in [-0.39, 0.29) is 0 Å². The van der Waals surface area contributed by atoms with E-state index >= 15 is 0 Å². The van der Waals surface area contributed by atoms with Crippen molar-refractivity contribution in [3.63, 3.8) is 0 Å². The lowest BCUT2D eigenvalue weighted by Gasteiger charge is -2.16. The molecular weight excluding hydrogens is 244 g/mol. The molecule has 1 N–H and O–H groups in total. The molecule has 1 saturated heterocycles. The monoisotopic (exact) mass is 280 g/mol. The van der Waals surface area contributed by atoms with E-state index < -0.39 is 0 Å². The highest BCUT2D eigenvalue weighted by Crippen LogP contribution is 2.30. The van der Waals surface area contributed by atoms with E-state index in [1.54, 1.807) is 0 Å². The number of nitrogens with one attached hydrogen (secondary N) is 1. The van der Waals surface area contributed by atoms with Crippen LogP contribution in [0.5, 0.6) is 0 Å². The molecule has 1 atom stereocenters. The van der Waals surface area contributed by atoms with Crippen LogP contribution in [-0.4, -0.2) is 37.1 Å². The minimum atomic E-state index is 0.790. The molecular formula is C18H36N2. The number of nitrogens with zero attached hydrogens (tertiary/aromatic N) is 1. The molecule has 0 radical (unpaired) electrons. The maximum atomic E-state index is 3.77.